The summed E-state index contributed by atoms with van der Waals surface area (Å²) >= 11 is 2.15. The Balaban J connectivity index is 2.53. The van der Waals surface area contributed by atoms with Gasteiger partial charge in [0, 0.05) is 10.6 Å². The maximum atomic E-state index is 13.3. The molecule has 0 radical (unpaired) electrons. The number of methoxy groups -OCH3 is 1. The van der Waals surface area contributed by atoms with Crippen LogP contribution < -0.4 is 10.1 Å². The van der Waals surface area contributed by atoms with Gasteiger partial charge >= 0.3 is 0 Å². The first-order valence-corrected chi connectivity index (χ1v) is 7.40. The average Bonchev–Trinajstić information content (AvgIpc) is 2.78. The van der Waals surface area contributed by atoms with Gasteiger partial charge in [-0.1, -0.05) is 13.0 Å². The van der Waals surface area contributed by atoms with Crippen molar-refractivity contribution >= 4 is 22.6 Å². The molecule has 1 atom stereocenters. The van der Waals surface area contributed by atoms with Crippen molar-refractivity contribution in [1.82, 2.24) is 15.1 Å². The number of aryl methyl sites for hydroxylation is 1. The maximum Gasteiger partial charge on any atom is 0.161 e. The second-order valence-electron chi connectivity index (χ2n) is 4.38. The highest BCUT2D eigenvalue weighted by Crippen LogP contribution is 2.32. The first kappa shape index (κ1) is 15.2. The number of benzene rings is 1. The minimum Gasteiger partial charge on any atom is -0.493 e. The summed E-state index contributed by atoms with van der Waals surface area (Å²) in [7, 11) is 3.50. The monoisotopic (exact) mass is 389 g/mol. The van der Waals surface area contributed by atoms with Gasteiger partial charge in [-0.25, -0.2) is 4.39 Å². The number of hydrogen-bond acceptors (Lipinski definition) is 3. The largest absolute Gasteiger partial charge is 0.493 e. The Morgan fingerprint density at radius 3 is 2.85 bits per heavy atom. The lowest BCUT2D eigenvalue weighted by molar-refractivity contribution is 0.401. The van der Waals surface area contributed by atoms with Crippen molar-refractivity contribution < 1.29 is 9.13 Å². The molecule has 1 heterocycles. The van der Waals surface area contributed by atoms with Crippen LogP contribution in [0.15, 0.2) is 24.4 Å². The van der Waals surface area contributed by atoms with E-state index in [-0.39, 0.29) is 11.9 Å². The van der Waals surface area contributed by atoms with Crippen LogP contribution in [-0.4, -0.2) is 23.4 Å². The SMILES string of the molecule is CCNC(c1ccc(F)cc1I)c1c(OC)cnn1C. The Bertz CT molecular complexity index is 600. The molecule has 0 bridgehead atoms. The van der Waals surface area contributed by atoms with E-state index in [2.05, 4.69) is 33.0 Å². The molecule has 0 spiro atoms. The van der Waals surface area contributed by atoms with Crippen molar-refractivity contribution in [1.29, 1.82) is 0 Å². The minimum atomic E-state index is -0.231. The molecule has 0 saturated carbocycles. The molecule has 1 aromatic heterocycles. The molecule has 4 nitrogen and oxygen atoms in total. The normalized spacial score (nSPS) is 12.4. The molecule has 2 aromatic rings. The molecular formula is C14H17FIN3O. The third-order valence-electron chi connectivity index (χ3n) is 3.12. The van der Waals surface area contributed by atoms with Crippen LogP contribution in [0.4, 0.5) is 4.39 Å². The smallest absolute Gasteiger partial charge is 0.161 e. The van der Waals surface area contributed by atoms with E-state index in [1.165, 1.54) is 12.1 Å². The molecular weight excluding hydrogens is 372 g/mol. The van der Waals surface area contributed by atoms with Crippen molar-refractivity contribution in [3.63, 3.8) is 0 Å². The molecule has 2 rings (SSSR count). The first-order chi connectivity index (χ1) is 9.58. The molecule has 1 unspecified atom stereocenters. The number of ether oxygens (including phenoxy) is 1. The molecule has 1 N–H and O–H groups in total. The van der Waals surface area contributed by atoms with Crippen LogP contribution in [-0.2, 0) is 7.05 Å². The van der Waals surface area contributed by atoms with Gasteiger partial charge < -0.3 is 10.1 Å². The van der Waals surface area contributed by atoms with Gasteiger partial charge in [0.05, 0.1) is 19.3 Å². The zero-order valence-electron chi connectivity index (χ0n) is 11.7. The predicted molar refractivity (Wildman–Crippen MR) is 84.4 cm³/mol. The fraction of sp³-hybridized carbons (Fsp3) is 0.357. The summed E-state index contributed by atoms with van der Waals surface area (Å²) in [4.78, 5) is 0. The van der Waals surface area contributed by atoms with E-state index in [9.17, 15) is 4.39 Å². The summed E-state index contributed by atoms with van der Waals surface area (Å²) in [5, 5.41) is 7.65. The van der Waals surface area contributed by atoms with E-state index in [0.29, 0.717) is 0 Å². The lowest BCUT2D eigenvalue weighted by atomic mass is 10.0. The summed E-state index contributed by atoms with van der Waals surface area (Å²) in [6.07, 6.45) is 1.69. The molecule has 1 aromatic carbocycles. The van der Waals surface area contributed by atoms with Crippen LogP contribution in [0.1, 0.15) is 24.2 Å². The van der Waals surface area contributed by atoms with Crippen molar-refractivity contribution in [3.05, 3.63) is 45.0 Å². The number of hydrogen-bond donors (Lipinski definition) is 1. The summed E-state index contributed by atoms with van der Waals surface area (Å²) in [6, 6.07) is 4.72. The highest BCUT2D eigenvalue weighted by atomic mass is 127. The lowest BCUT2D eigenvalue weighted by Gasteiger charge is -2.21. The molecule has 0 amide bonds. The number of rotatable bonds is 5. The molecule has 0 aliphatic carbocycles. The van der Waals surface area contributed by atoms with E-state index < -0.39 is 0 Å². The Morgan fingerprint density at radius 2 is 2.25 bits per heavy atom. The zero-order chi connectivity index (χ0) is 14.7. The second-order valence-corrected chi connectivity index (χ2v) is 5.54. The Kier molecular flexibility index (Phi) is 4.98. The van der Waals surface area contributed by atoms with E-state index in [1.807, 2.05) is 14.0 Å². The van der Waals surface area contributed by atoms with Crippen molar-refractivity contribution in [2.45, 2.75) is 13.0 Å². The van der Waals surface area contributed by atoms with Crippen molar-refractivity contribution in [2.24, 2.45) is 7.05 Å². The van der Waals surface area contributed by atoms with Gasteiger partial charge in [-0.15, -0.1) is 0 Å². The number of nitrogens with one attached hydrogen (secondary N) is 1. The summed E-state index contributed by atoms with van der Waals surface area (Å²) in [5.74, 6) is 0.490. The minimum absolute atomic E-state index is 0.0880. The predicted octanol–water partition coefficient (Wildman–Crippen LogP) is 2.87. The molecule has 6 heteroatoms. The number of nitrogens with zero attached hydrogens (tertiary/aromatic N) is 2. The number of halogens is 2. The third kappa shape index (κ3) is 2.95. The van der Waals surface area contributed by atoms with Crippen LogP contribution in [0, 0.1) is 9.39 Å². The van der Waals surface area contributed by atoms with Gasteiger partial charge in [-0.2, -0.15) is 5.10 Å². The topological polar surface area (TPSA) is 39.1 Å². The highest BCUT2D eigenvalue weighted by molar-refractivity contribution is 14.1. The van der Waals surface area contributed by atoms with Crippen LogP contribution in [0.3, 0.4) is 0 Å². The molecule has 0 saturated heterocycles. The standard InChI is InChI=1S/C14H17FIN3O/c1-4-17-13(10-6-5-9(15)7-11(10)16)14-12(20-3)8-18-19(14)2/h5-8,13,17H,4H2,1-3H3. The summed E-state index contributed by atoms with van der Waals surface area (Å²) < 4.78 is 21.3. The van der Waals surface area contributed by atoms with Crippen LogP contribution >= 0.6 is 22.6 Å². The molecule has 0 aliphatic rings. The third-order valence-corrected chi connectivity index (χ3v) is 4.06. The Labute approximate surface area is 131 Å². The second kappa shape index (κ2) is 6.53. The van der Waals surface area contributed by atoms with Gasteiger partial charge in [-0.05, 0) is 46.8 Å². The maximum absolute atomic E-state index is 13.3. The van der Waals surface area contributed by atoms with Gasteiger partial charge in [0.2, 0.25) is 0 Å². The molecule has 0 aliphatic heterocycles. The van der Waals surface area contributed by atoms with Crippen LogP contribution in [0.25, 0.3) is 0 Å². The van der Waals surface area contributed by atoms with E-state index in [1.54, 1.807) is 24.1 Å². The number of aromatic nitrogens is 2. The van der Waals surface area contributed by atoms with Gasteiger partial charge in [-0.3, -0.25) is 4.68 Å². The van der Waals surface area contributed by atoms with E-state index in [0.717, 1.165) is 27.1 Å². The fourth-order valence-electron chi connectivity index (χ4n) is 2.21. The molecule has 108 valence electrons. The van der Waals surface area contributed by atoms with Crippen molar-refractivity contribution in [3.8, 4) is 5.75 Å². The van der Waals surface area contributed by atoms with Gasteiger partial charge in [0.15, 0.2) is 5.75 Å². The fourth-order valence-corrected chi connectivity index (χ4v) is 3.00. The van der Waals surface area contributed by atoms with Crippen molar-refractivity contribution in [2.75, 3.05) is 13.7 Å². The van der Waals surface area contributed by atoms with Gasteiger partial charge in [0.1, 0.15) is 11.5 Å². The van der Waals surface area contributed by atoms with Gasteiger partial charge in [0.25, 0.3) is 0 Å². The Hall–Kier alpha value is -1.15. The Morgan fingerprint density at radius 1 is 1.50 bits per heavy atom. The molecule has 20 heavy (non-hydrogen) atoms. The van der Waals surface area contributed by atoms with Crippen LogP contribution in [0.5, 0.6) is 5.75 Å². The first-order valence-electron chi connectivity index (χ1n) is 6.32. The highest BCUT2D eigenvalue weighted by Gasteiger charge is 2.23. The van der Waals surface area contributed by atoms with Crippen LogP contribution in [0.2, 0.25) is 0 Å². The summed E-state index contributed by atoms with van der Waals surface area (Å²) in [5.41, 5.74) is 1.94. The average molecular weight is 389 g/mol. The van der Waals surface area contributed by atoms with E-state index >= 15 is 0 Å². The quantitative estimate of drug-likeness (QED) is 0.800. The lowest BCUT2D eigenvalue weighted by Crippen LogP contribution is -2.25. The van der Waals surface area contributed by atoms with E-state index in [4.69, 9.17) is 4.74 Å². The summed E-state index contributed by atoms with van der Waals surface area (Å²) in [6.45, 7) is 2.82. The zero-order valence-corrected chi connectivity index (χ0v) is 13.8. The molecule has 0 fully saturated rings.